The second-order valence-electron chi connectivity index (χ2n) is 5.26. The lowest BCUT2D eigenvalue weighted by molar-refractivity contribution is 0.247. The molecule has 0 aromatic rings. The number of piperidine rings is 1. The molecule has 0 bridgehead atoms. The second kappa shape index (κ2) is 2.73. The Kier molecular flexibility index (Phi) is 1.95. The molecule has 0 amide bonds. The largest absolute Gasteiger partial charge is 0.310 e. The van der Waals surface area contributed by atoms with Crippen LogP contribution in [0.15, 0.2) is 0 Å². The predicted molar refractivity (Wildman–Crippen MR) is 52.0 cm³/mol. The Balaban J connectivity index is 2.06. The van der Waals surface area contributed by atoms with Gasteiger partial charge < -0.3 is 5.32 Å². The SMILES string of the molecule is CC(C)C1NC2CC2C1C(C)C. The third-order valence-corrected chi connectivity index (χ3v) is 3.64. The minimum atomic E-state index is 0.800. The number of hydrogen-bond donors (Lipinski definition) is 1. The molecule has 4 atom stereocenters. The van der Waals surface area contributed by atoms with Crippen LogP contribution in [0.5, 0.6) is 0 Å². The highest BCUT2D eigenvalue weighted by atomic mass is 15.1. The summed E-state index contributed by atoms with van der Waals surface area (Å²) >= 11 is 0. The average Bonchev–Trinajstić information content (AvgIpc) is 2.60. The van der Waals surface area contributed by atoms with Crippen LogP contribution in [0.4, 0.5) is 0 Å². The van der Waals surface area contributed by atoms with E-state index in [1.165, 1.54) is 6.42 Å². The zero-order valence-electron chi connectivity index (χ0n) is 8.67. The third kappa shape index (κ3) is 1.19. The van der Waals surface area contributed by atoms with Gasteiger partial charge in [0.05, 0.1) is 0 Å². The Morgan fingerprint density at radius 2 is 1.75 bits per heavy atom. The average molecular weight is 167 g/mol. The molecule has 1 N–H and O–H groups in total. The first-order valence-electron chi connectivity index (χ1n) is 5.37. The van der Waals surface area contributed by atoms with Gasteiger partial charge in [-0.3, -0.25) is 0 Å². The van der Waals surface area contributed by atoms with Crippen molar-refractivity contribution >= 4 is 0 Å². The molecule has 1 saturated heterocycles. The van der Waals surface area contributed by atoms with Gasteiger partial charge in [-0.15, -0.1) is 0 Å². The first kappa shape index (κ1) is 8.55. The maximum atomic E-state index is 3.76. The summed E-state index contributed by atoms with van der Waals surface area (Å²) in [6, 6.07) is 1.69. The summed E-state index contributed by atoms with van der Waals surface area (Å²) in [5.74, 6) is 3.65. The first-order valence-corrected chi connectivity index (χ1v) is 5.37. The zero-order chi connectivity index (χ0) is 8.88. The highest BCUT2D eigenvalue weighted by Gasteiger charge is 2.54. The van der Waals surface area contributed by atoms with Crippen molar-refractivity contribution in [2.45, 2.75) is 46.2 Å². The van der Waals surface area contributed by atoms with E-state index in [-0.39, 0.29) is 0 Å². The second-order valence-corrected chi connectivity index (χ2v) is 5.26. The normalized spacial score (nSPS) is 45.5. The van der Waals surface area contributed by atoms with Crippen LogP contribution in [0.3, 0.4) is 0 Å². The minimum Gasteiger partial charge on any atom is -0.310 e. The van der Waals surface area contributed by atoms with Gasteiger partial charge in [0.2, 0.25) is 0 Å². The van der Waals surface area contributed by atoms with Crippen molar-refractivity contribution in [3.05, 3.63) is 0 Å². The van der Waals surface area contributed by atoms with Crippen LogP contribution < -0.4 is 5.32 Å². The van der Waals surface area contributed by atoms with Gasteiger partial charge in [0, 0.05) is 12.1 Å². The topological polar surface area (TPSA) is 12.0 Å². The Morgan fingerprint density at radius 3 is 2.17 bits per heavy atom. The van der Waals surface area contributed by atoms with E-state index in [2.05, 4.69) is 33.0 Å². The molecule has 2 rings (SSSR count). The Morgan fingerprint density at radius 1 is 1.08 bits per heavy atom. The van der Waals surface area contributed by atoms with Gasteiger partial charge in [0.15, 0.2) is 0 Å². The molecular weight excluding hydrogens is 146 g/mol. The van der Waals surface area contributed by atoms with E-state index in [9.17, 15) is 0 Å². The molecule has 2 fully saturated rings. The fraction of sp³-hybridized carbons (Fsp3) is 1.00. The Labute approximate surface area is 75.9 Å². The van der Waals surface area contributed by atoms with Gasteiger partial charge in [-0.2, -0.15) is 0 Å². The quantitative estimate of drug-likeness (QED) is 0.665. The van der Waals surface area contributed by atoms with Gasteiger partial charge in [0.1, 0.15) is 0 Å². The number of fused-ring (bicyclic) bond motifs is 1. The van der Waals surface area contributed by atoms with Crippen molar-refractivity contribution in [3.8, 4) is 0 Å². The van der Waals surface area contributed by atoms with Crippen LogP contribution in [0.2, 0.25) is 0 Å². The van der Waals surface area contributed by atoms with Crippen LogP contribution in [0.25, 0.3) is 0 Å². The number of nitrogens with one attached hydrogen (secondary N) is 1. The van der Waals surface area contributed by atoms with Crippen LogP contribution in [-0.4, -0.2) is 12.1 Å². The summed E-state index contributed by atoms with van der Waals surface area (Å²) < 4.78 is 0. The molecule has 1 aliphatic heterocycles. The maximum Gasteiger partial charge on any atom is 0.0127 e. The molecule has 0 aromatic heterocycles. The van der Waals surface area contributed by atoms with Gasteiger partial charge >= 0.3 is 0 Å². The van der Waals surface area contributed by atoms with Crippen LogP contribution >= 0.6 is 0 Å². The molecule has 4 unspecified atom stereocenters. The van der Waals surface area contributed by atoms with Crippen LogP contribution in [-0.2, 0) is 0 Å². The lowest BCUT2D eigenvalue weighted by atomic mass is 9.81. The van der Waals surface area contributed by atoms with Crippen molar-refractivity contribution in [1.29, 1.82) is 0 Å². The smallest absolute Gasteiger partial charge is 0.0127 e. The van der Waals surface area contributed by atoms with Gasteiger partial charge in [-0.1, -0.05) is 27.7 Å². The van der Waals surface area contributed by atoms with E-state index in [0.29, 0.717) is 0 Å². The summed E-state index contributed by atoms with van der Waals surface area (Å²) in [6.45, 7) is 9.44. The zero-order valence-corrected chi connectivity index (χ0v) is 8.67. The molecule has 0 spiro atoms. The van der Waals surface area contributed by atoms with Crippen LogP contribution in [0, 0.1) is 23.7 Å². The fourth-order valence-corrected chi connectivity index (χ4v) is 3.00. The van der Waals surface area contributed by atoms with Crippen molar-refractivity contribution in [1.82, 2.24) is 5.32 Å². The molecule has 0 aromatic carbocycles. The van der Waals surface area contributed by atoms with Crippen molar-refractivity contribution < 1.29 is 0 Å². The van der Waals surface area contributed by atoms with Crippen molar-refractivity contribution in [2.24, 2.45) is 23.7 Å². The summed E-state index contributed by atoms with van der Waals surface area (Å²) in [7, 11) is 0. The van der Waals surface area contributed by atoms with Crippen molar-refractivity contribution in [2.75, 3.05) is 0 Å². The van der Waals surface area contributed by atoms with Gasteiger partial charge in [0.25, 0.3) is 0 Å². The van der Waals surface area contributed by atoms with E-state index in [4.69, 9.17) is 0 Å². The number of rotatable bonds is 2. The summed E-state index contributed by atoms with van der Waals surface area (Å²) in [6.07, 6.45) is 1.45. The molecular formula is C11H21N. The van der Waals surface area contributed by atoms with Gasteiger partial charge in [-0.25, -0.2) is 0 Å². The lowest BCUT2D eigenvalue weighted by Gasteiger charge is -2.29. The Bertz CT molecular complexity index is 174. The van der Waals surface area contributed by atoms with Crippen molar-refractivity contribution in [3.63, 3.8) is 0 Å². The molecule has 1 nitrogen and oxygen atoms in total. The standard InChI is InChI=1S/C11H21N/c1-6(2)10-8-5-9(8)12-11(10)7(3)4/h6-12H,5H2,1-4H3. The molecule has 1 aliphatic carbocycles. The molecule has 2 aliphatic rings. The van der Waals surface area contributed by atoms with Crippen LogP contribution in [0.1, 0.15) is 34.1 Å². The number of hydrogen-bond acceptors (Lipinski definition) is 1. The van der Waals surface area contributed by atoms with E-state index in [0.717, 1.165) is 35.8 Å². The summed E-state index contributed by atoms with van der Waals surface area (Å²) in [5, 5.41) is 3.76. The monoisotopic (exact) mass is 167 g/mol. The van der Waals surface area contributed by atoms with E-state index >= 15 is 0 Å². The highest BCUT2D eigenvalue weighted by molar-refractivity contribution is 5.09. The molecule has 1 heterocycles. The fourth-order valence-electron chi connectivity index (χ4n) is 3.00. The summed E-state index contributed by atoms with van der Waals surface area (Å²) in [5.41, 5.74) is 0. The third-order valence-electron chi connectivity index (χ3n) is 3.64. The molecule has 0 radical (unpaired) electrons. The molecule has 12 heavy (non-hydrogen) atoms. The minimum absolute atomic E-state index is 0.800. The van der Waals surface area contributed by atoms with E-state index < -0.39 is 0 Å². The first-order chi connectivity index (χ1) is 5.61. The summed E-state index contributed by atoms with van der Waals surface area (Å²) in [4.78, 5) is 0. The molecule has 1 heteroatoms. The van der Waals surface area contributed by atoms with E-state index in [1.54, 1.807) is 0 Å². The van der Waals surface area contributed by atoms with Gasteiger partial charge in [-0.05, 0) is 30.1 Å². The predicted octanol–water partition coefficient (Wildman–Crippen LogP) is 2.27. The molecule has 70 valence electrons. The maximum absolute atomic E-state index is 3.76. The Hall–Kier alpha value is -0.0400. The lowest BCUT2D eigenvalue weighted by Crippen LogP contribution is -2.38. The van der Waals surface area contributed by atoms with E-state index in [1.807, 2.05) is 0 Å². The molecule has 1 saturated carbocycles. The highest BCUT2D eigenvalue weighted by Crippen LogP contribution is 2.49.